The summed E-state index contributed by atoms with van der Waals surface area (Å²) in [5.41, 5.74) is 1.66. The summed E-state index contributed by atoms with van der Waals surface area (Å²) in [7, 11) is 1.46. The molecule has 0 fully saturated rings. The SMILES string of the molecule is CO/N=C1\OC[C@@H](OC(C)=O)c2ccccc21. The molecular formula is C12H13NO4. The van der Waals surface area contributed by atoms with Gasteiger partial charge < -0.3 is 14.3 Å². The maximum absolute atomic E-state index is 11.0. The van der Waals surface area contributed by atoms with Crippen LogP contribution in [-0.4, -0.2) is 25.6 Å². The van der Waals surface area contributed by atoms with E-state index in [9.17, 15) is 4.79 Å². The highest BCUT2D eigenvalue weighted by Crippen LogP contribution is 2.27. The zero-order chi connectivity index (χ0) is 12.3. The predicted octanol–water partition coefficient (Wildman–Crippen LogP) is 1.63. The summed E-state index contributed by atoms with van der Waals surface area (Å²) in [5, 5.41) is 3.79. The number of hydrogen-bond acceptors (Lipinski definition) is 5. The van der Waals surface area contributed by atoms with Crippen molar-refractivity contribution in [3.05, 3.63) is 35.4 Å². The fourth-order valence-electron chi connectivity index (χ4n) is 1.75. The predicted molar refractivity (Wildman–Crippen MR) is 60.4 cm³/mol. The average Bonchev–Trinajstić information content (AvgIpc) is 2.32. The summed E-state index contributed by atoms with van der Waals surface area (Å²) in [5.74, 6) is 0.0760. The van der Waals surface area contributed by atoms with E-state index in [0.717, 1.165) is 11.1 Å². The molecule has 0 aromatic heterocycles. The summed E-state index contributed by atoms with van der Waals surface area (Å²) in [6, 6.07) is 7.48. The third-order valence-electron chi connectivity index (χ3n) is 2.39. The molecule has 1 heterocycles. The summed E-state index contributed by atoms with van der Waals surface area (Å²) in [6.07, 6.45) is -0.389. The number of ether oxygens (including phenoxy) is 2. The first-order chi connectivity index (χ1) is 8.22. The molecule has 17 heavy (non-hydrogen) atoms. The Labute approximate surface area is 99.0 Å². The zero-order valence-electron chi connectivity index (χ0n) is 9.67. The van der Waals surface area contributed by atoms with Crippen molar-refractivity contribution in [2.24, 2.45) is 5.16 Å². The molecular weight excluding hydrogens is 222 g/mol. The van der Waals surface area contributed by atoms with Crippen molar-refractivity contribution in [3.63, 3.8) is 0 Å². The molecule has 5 heteroatoms. The van der Waals surface area contributed by atoms with Gasteiger partial charge in [-0.3, -0.25) is 4.79 Å². The molecule has 0 saturated carbocycles. The number of benzene rings is 1. The van der Waals surface area contributed by atoms with Crippen molar-refractivity contribution in [2.45, 2.75) is 13.0 Å². The molecule has 1 aliphatic rings. The van der Waals surface area contributed by atoms with Gasteiger partial charge in [-0.2, -0.15) is 0 Å². The number of fused-ring (bicyclic) bond motifs is 1. The van der Waals surface area contributed by atoms with E-state index in [-0.39, 0.29) is 18.7 Å². The highest BCUT2D eigenvalue weighted by molar-refractivity contribution is 5.96. The lowest BCUT2D eigenvalue weighted by Crippen LogP contribution is -2.26. The minimum atomic E-state index is -0.389. The third kappa shape index (κ3) is 2.38. The molecule has 90 valence electrons. The fourth-order valence-corrected chi connectivity index (χ4v) is 1.75. The minimum absolute atomic E-state index is 0.249. The second-order valence-corrected chi connectivity index (χ2v) is 3.58. The lowest BCUT2D eigenvalue weighted by molar-refractivity contribution is -0.148. The molecule has 0 unspecified atom stereocenters. The van der Waals surface area contributed by atoms with E-state index in [4.69, 9.17) is 14.3 Å². The Morgan fingerprint density at radius 1 is 1.47 bits per heavy atom. The van der Waals surface area contributed by atoms with Gasteiger partial charge in [-0.05, 0) is 11.2 Å². The third-order valence-corrected chi connectivity index (χ3v) is 2.39. The van der Waals surface area contributed by atoms with E-state index in [1.165, 1.54) is 14.0 Å². The van der Waals surface area contributed by atoms with Crippen LogP contribution >= 0.6 is 0 Å². The summed E-state index contributed by atoms with van der Waals surface area (Å²) >= 11 is 0. The number of hydrogen-bond donors (Lipinski definition) is 0. The average molecular weight is 235 g/mol. The van der Waals surface area contributed by atoms with Gasteiger partial charge in [-0.25, -0.2) is 0 Å². The maximum atomic E-state index is 11.0. The van der Waals surface area contributed by atoms with Crippen molar-refractivity contribution in [3.8, 4) is 0 Å². The van der Waals surface area contributed by atoms with Gasteiger partial charge in [0.15, 0.2) is 6.10 Å². The Balaban J connectivity index is 2.36. The highest BCUT2D eigenvalue weighted by atomic mass is 16.6. The van der Waals surface area contributed by atoms with Crippen LogP contribution in [0.5, 0.6) is 0 Å². The number of carbonyl (C=O) groups is 1. The molecule has 0 N–H and O–H groups in total. The lowest BCUT2D eigenvalue weighted by atomic mass is 10.0. The topological polar surface area (TPSA) is 57.1 Å². The smallest absolute Gasteiger partial charge is 0.303 e. The molecule has 0 spiro atoms. The molecule has 0 aliphatic carbocycles. The van der Waals surface area contributed by atoms with Gasteiger partial charge in [-0.15, -0.1) is 0 Å². The van der Waals surface area contributed by atoms with E-state index in [2.05, 4.69) is 5.16 Å². The first kappa shape index (κ1) is 11.4. The second kappa shape index (κ2) is 4.86. The minimum Gasteiger partial charge on any atom is -0.471 e. The Morgan fingerprint density at radius 2 is 2.24 bits per heavy atom. The fraction of sp³-hybridized carbons (Fsp3) is 0.333. The van der Waals surface area contributed by atoms with Crippen molar-refractivity contribution >= 4 is 11.9 Å². The van der Waals surface area contributed by atoms with E-state index in [1.807, 2.05) is 24.3 Å². The van der Waals surface area contributed by atoms with Crippen LogP contribution in [-0.2, 0) is 19.1 Å². The summed E-state index contributed by atoms with van der Waals surface area (Å²) in [6.45, 7) is 1.63. The maximum Gasteiger partial charge on any atom is 0.303 e. The van der Waals surface area contributed by atoms with Gasteiger partial charge in [0.25, 0.3) is 5.90 Å². The molecule has 1 aromatic rings. The van der Waals surface area contributed by atoms with Gasteiger partial charge in [0.1, 0.15) is 13.7 Å². The Kier molecular flexibility index (Phi) is 3.27. The molecule has 2 rings (SSSR count). The molecule has 0 bridgehead atoms. The monoisotopic (exact) mass is 235 g/mol. The van der Waals surface area contributed by atoms with Crippen molar-refractivity contribution in [1.82, 2.24) is 0 Å². The van der Waals surface area contributed by atoms with E-state index in [1.54, 1.807) is 0 Å². The van der Waals surface area contributed by atoms with Crippen LogP contribution in [0.15, 0.2) is 29.4 Å². The Morgan fingerprint density at radius 3 is 2.94 bits per heavy atom. The van der Waals surface area contributed by atoms with Gasteiger partial charge >= 0.3 is 5.97 Å². The number of nitrogens with zero attached hydrogens (tertiary/aromatic N) is 1. The number of esters is 1. The van der Waals surface area contributed by atoms with Crippen LogP contribution < -0.4 is 0 Å². The molecule has 0 radical (unpaired) electrons. The van der Waals surface area contributed by atoms with Gasteiger partial charge in [-0.1, -0.05) is 18.2 Å². The van der Waals surface area contributed by atoms with Crippen LogP contribution in [0.4, 0.5) is 0 Å². The van der Waals surface area contributed by atoms with Crippen LogP contribution in [0, 0.1) is 0 Å². The first-order valence-electron chi connectivity index (χ1n) is 5.23. The largest absolute Gasteiger partial charge is 0.471 e. The van der Waals surface area contributed by atoms with E-state index < -0.39 is 0 Å². The molecule has 5 nitrogen and oxygen atoms in total. The number of oxime groups is 1. The van der Waals surface area contributed by atoms with Gasteiger partial charge in [0.2, 0.25) is 0 Å². The Hall–Kier alpha value is -2.04. The summed E-state index contributed by atoms with van der Waals surface area (Å²) in [4.78, 5) is 15.7. The van der Waals surface area contributed by atoms with Crippen LogP contribution in [0.25, 0.3) is 0 Å². The lowest BCUT2D eigenvalue weighted by Gasteiger charge is -2.25. The molecule has 0 saturated heterocycles. The quantitative estimate of drug-likeness (QED) is 0.577. The van der Waals surface area contributed by atoms with Gasteiger partial charge in [0.05, 0.1) is 0 Å². The standard InChI is InChI=1S/C12H13NO4/c1-8(14)17-11-7-16-12(13-15-2)10-6-4-3-5-9(10)11/h3-6,11H,7H2,1-2H3/b13-12-/t11-/m1/s1. The van der Waals surface area contributed by atoms with Crippen molar-refractivity contribution in [2.75, 3.05) is 13.7 Å². The molecule has 0 amide bonds. The highest BCUT2D eigenvalue weighted by Gasteiger charge is 2.27. The first-order valence-corrected chi connectivity index (χ1v) is 5.23. The van der Waals surface area contributed by atoms with Crippen molar-refractivity contribution in [1.29, 1.82) is 0 Å². The molecule has 1 atom stereocenters. The summed E-state index contributed by atoms with van der Waals surface area (Å²) < 4.78 is 10.6. The number of rotatable bonds is 2. The molecule has 1 aromatic carbocycles. The normalized spacial score (nSPS) is 20.4. The Bertz CT molecular complexity index is 456. The van der Waals surface area contributed by atoms with Crippen molar-refractivity contribution < 1.29 is 19.1 Å². The second-order valence-electron chi connectivity index (χ2n) is 3.58. The van der Waals surface area contributed by atoms with Crippen LogP contribution in [0.2, 0.25) is 0 Å². The number of carbonyl (C=O) groups excluding carboxylic acids is 1. The van der Waals surface area contributed by atoms with Gasteiger partial charge in [0, 0.05) is 18.1 Å². The molecule has 1 aliphatic heterocycles. The van der Waals surface area contributed by atoms with Crippen LogP contribution in [0.3, 0.4) is 0 Å². The van der Waals surface area contributed by atoms with E-state index >= 15 is 0 Å². The zero-order valence-corrected chi connectivity index (χ0v) is 9.67. The van der Waals surface area contributed by atoms with Crippen LogP contribution in [0.1, 0.15) is 24.2 Å². The van der Waals surface area contributed by atoms with E-state index in [0.29, 0.717) is 5.90 Å².